The summed E-state index contributed by atoms with van der Waals surface area (Å²) >= 11 is 0. The van der Waals surface area contributed by atoms with Crippen molar-refractivity contribution < 1.29 is 22.7 Å². The van der Waals surface area contributed by atoms with E-state index >= 15 is 0 Å². The van der Waals surface area contributed by atoms with Crippen molar-refractivity contribution in [3.05, 3.63) is 64.0 Å². The van der Waals surface area contributed by atoms with Crippen LogP contribution in [-0.4, -0.2) is 49.0 Å². The fourth-order valence-electron chi connectivity index (χ4n) is 3.76. The van der Waals surface area contributed by atoms with Crippen LogP contribution in [0.25, 0.3) is 0 Å². The minimum absolute atomic E-state index is 0.129. The van der Waals surface area contributed by atoms with Gasteiger partial charge in [-0.05, 0) is 50.1 Å². The molecule has 1 heterocycles. The van der Waals surface area contributed by atoms with Gasteiger partial charge >= 0.3 is 0 Å². The van der Waals surface area contributed by atoms with Crippen molar-refractivity contribution in [2.24, 2.45) is 0 Å². The molecule has 3 rings (SSSR count). The zero-order chi connectivity index (χ0) is 21.3. The summed E-state index contributed by atoms with van der Waals surface area (Å²) < 4.78 is 47.0. The number of amides is 1. The third-order valence-corrected chi connectivity index (χ3v) is 5.69. The molecule has 0 bridgehead atoms. The summed E-state index contributed by atoms with van der Waals surface area (Å²) in [6.45, 7) is 7.13. The van der Waals surface area contributed by atoms with Crippen molar-refractivity contribution in [1.29, 1.82) is 0 Å². The minimum atomic E-state index is -1.31. The lowest BCUT2D eigenvalue weighted by Gasteiger charge is -2.38. The number of nitrogens with zero attached hydrogens (tertiary/aromatic N) is 2. The second kappa shape index (κ2) is 8.45. The highest BCUT2D eigenvalue weighted by Gasteiger charge is 2.29. The molecule has 0 aromatic heterocycles. The molecule has 156 valence electrons. The number of aryl methyl sites for hydroxylation is 1. The van der Waals surface area contributed by atoms with Crippen molar-refractivity contribution in [3.63, 3.8) is 0 Å². The molecule has 1 saturated heterocycles. The van der Waals surface area contributed by atoms with E-state index in [1.54, 1.807) is 7.11 Å². The fourth-order valence-corrected chi connectivity index (χ4v) is 3.76. The van der Waals surface area contributed by atoms with Crippen LogP contribution in [0.5, 0.6) is 5.75 Å². The van der Waals surface area contributed by atoms with E-state index in [2.05, 4.69) is 11.8 Å². The summed E-state index contributed by atoms with van der Waals surface area (Å²) in [5.74, 6) is -3.41. The molecule has 2 aromatic carbocycles. The van der Waals surface area contributed by atoms with Gasteiger partial charge in [0, 0.05) is 37.8 Å². The van der Waals surface area contributed by atoms with Gasteiger partial charge in [0.2, 0.25) is 0 Å². The first-order chi connectivity index (χ1) is 13.7. The molecule has 0 radical (unpaired) electrons. The Hall–Kier alpha value is -2.54. The molecule has 4 nitrogen and oxygen atoms in total. The van der Waals surface area contributed by atoms with E-state index in [1.807, 2.05) is 25.1 Å². The number of hydrogen-bond donors (Lipinski definition) is 0. The monoisotopic (exact) mass is 406 g/mol. The van der Waals surface area contributed by atoms with Crippen molar-refractivity contribution >= 4 is 5.91 Å². The van der Waals surface area contributed by atoms with Crippen LogP contribution in [0.2, 0.25) is 0 Å². The number of halogens is 3. The second-order valence-electron chi connectivity index (χ2n) is 7.39. The summed E-state index contributed by atoms with van der Waals surface area (Å²) in [5, 5.41) is 0. The molecule has 0 saturated carbocycles. The lowest BCUT2D eigenvalue weighted by atomic mass is 10.00. The van der Waals surface area contributed by atoms with Crippen LogP contribution in [0, 0.1) is 31.3 Å². The molecule has 1 fully saturated rings. The lowest BCUT2D eigenvalue weighted by Crippen LogP contribution is -2.49. The van der Waals surface area contributed by atoms with E-state index in [-0.39, 0.29) is 6.04 Å². The van der Waals surface area contributed by atoms with Gasteiger partial charge in [0.25, 0.3) is 5.91 Å². The van der Waals surface area contributed by atoms with Gasteiger partial charge in [-0.2, -0.15) is 0 Å². The van der Waals surface area contributed by atoms with Crippen LogP contribution in [0.3, 0.4) is 0 Å². The summed E-state index contributed by atoms with van der Waals surface area (Å²) in [5.41, 5.74) is 1.30. The van der Waals surface area contributed by atoms with Gasteiger partial charge in [0.05, 0.1) is 12.7 Å². The molecule has 0 N–H and O–H groups in total. The number of hydrogen-bond acceptors (Lipinski definition) is 3. The Morgan fingerprint density at radius 3 is 2.28 bits per heavy atom. The second-order valence-corrected chi connectivity index (χ2v) is 7.39. The van der Waals surface area contributed by atoms with Crippen molar-refractivity contribution in [3.8, 4) is 5.75 Å². The van der Waals surface area contributed by atoms with Crippen molar-refractivity contribution in [1.82, 2.24) is 9.80 Å². The number of benzene rings is 2. The smallest absolute Gasteiger partial charge is 0.257 e. The third-order valence-electron chi connectivity index (χ3n) is 5.69. The van der Waals surface area contributed by atoms with Gasteiger partial charge in [-0.25, -0.2) is 13.2 Å². The number of carbonyl (C=O) groups excluding carboxylic acids is 1. The Labute approximate surface area is 168 Å². The maximum absolute atomic E-state index is 14.2. The summed E-state index contributed by atoms with van der Waals surface area (Å²) in [7, 11) is 1.63. The fraction of sp³-hybridized carbons (Fsp3) is 0.409. The standard InChI is InChI=1S/C22H25F3N2O2/c1-13-11-16(29-4)5-6-17(13)15(3)26-7-9-27(10-8-26)22(28)18-12-19(23)14(2)20(24)21(18)25/h5-6,11-12,15H,7-10H2,1-4H3. The molecule has 2 aromatic rings. The number of piperazine rings is 1. The largest absolute Gasteiger partial charge is 0.497 e. The minimum Gasteiger partial charge on any atom is -0.497 e. The highest BCUT2D eigenvalue weighted by atomic mass is 19.2. The molecule has 0 spiro atoms. The van der Waals surface area contributed by atoms with Gasteiger partial charge in [0.1, 0.15) is 11.6 Å². The Balaban J connectivity index is 1.70. The van der Waals surface area contributed by atoms with E-state index in [4.69, 9.17) is 4.74 Å². The zero-order valence-corrected chi connectivity index (χ0v) is 17.1. The first kappa shape index (κ1) is 21.2. The highest BCUT2D eigenvalue weighted by Crippen LogP contribution is 2.28. The van der Waals surface area contributed by atoms with Crippen molar-refractivity contribution in [2.75, 3.05) is 33.3 Å². The summed E-state index contributed by atoms with van der Waals surface area (Å²) in [4.78, 5) is 16.3. The average molecular weight is 406 g/mol. The van der Waals surface area contributed by atoms with Gasteiger partial charge in [-0.3, -0.25) is 9.69 Å². The number of rotatable bonds is 4. The van der Waals surface area contributed by atoms with E-state index in [1.165, 1.54) is 10.5 Å². The van der Waals surface area contributed by atoms with Crippen LogP contribution >= 0.6 is 0 Å². The molecular formula is C22H25F3N2O2. The van der Waals surface area contributed by atoms with E-state index in [0.29, 0.717) is 26.2 Å². The topological polar surface area (TPSA) is 32.8 Å². The molecule has 7 heteroatoms. The first-order valence-corrected chi connectivity index (χ1v) is 9.56. The van der Waals surface area contributed by atoms with Crippen LogP contribution < -0.4 is 4.74 Å². The number of carbonyl (C=O) groups is 1. The van der Waals surface area contributed by atoms with Crippen LogP contribution in [0.15, 0.2) is 24.3 Å². The quantitative estimate of drug-likeness (QED) is 0.712. The number of methoxy groups -OCH3 is 1. The van der Waals surface area contributed by atoms with Crippen molar-refractivity contribution in [2.45, 2.75) is 26.8 Å². The van der Waals surface area contributed by atoms with Gasteiger partial charge in [0.15, 0.2) is 11.6 Å². The summed E-state index contributed by atoms with van der Waals surface area (Å²) in [6.07, 6.45) is 0. The maximum Gasteiger partial charge on any atom is 0.257 e. The van der Waals surface area contributed by atoms with Gasteiger partial charge < -0.3 is 9.64 Å². The van der Waals surface area contributed by atoms with Crippen LogP contribution in [-0.2, 0) is 0 Å². The maximum atomic E-state index is 14.2. The van der Waals surface area contributed by atoms with E-state index in [9.17, 15) is 18.0 Å². The average Bonchev–Trinajstić information content (AvgIpc) is 2.73. The zero-order valence-electron chi connectivity index (χ0n) is 17.1. The third kappa shape index (κ3) is 4.10. The van der Waals surface area contributed by atoms with E-state index < -0.39 is 34.5 Å². The van der Waals surface area contributed by atoms with Gasteiger partial charge in [-0.1, -0.05) is 6.07 Å². The van der Waals surface area contributed by atoms with Gasteiger partial charge in [-0.15, -0.1) is 0 Å². The Bertz CT molecular complexity index is 925. The molecule has 1 aliphatic rings. The molecule has 1 atom stereocenters. The Morgan fingerprint density at radius 1 is 1.03 bits per heavy atom. The predicted molar refractivity (Wildman–Crippen MR) is 105 cm³/mol. The normalized spacial score (nSPS) is 16.0. The first-order valence-electron chi connectivity index (χ1n) is 9.56. The van der Waals surface area contributed by atoms with Crippen LogP contribution in [0.4, 0.5) is 13.2 Å². The molecule has 29 heavy (non-hydrogen) atoms. The number of ether oxygens (including phenoxy) is 1. The Kier molecular flexibility index (Phi) is 6.17. The molecule has 1 unspecified atom stereocenters. The van der Waals surface area contributed by atoms with Crippen LogP contribution in [0.1, 0.15) is 40.0 Å². The predicted octanol–water partition coefficient (Wildman–Crippen LogP) is 4.25. The molecule has 1 aliphatic heterocycles. The highest BCUT2D eigenvalue weighted by molar-refractivity contribution is 5.94. The molecular weight excluding hydrogens is 381 g/mol. The Morgan fingerprint density at radius 2 is 1.69 bits per heavy atom. The molecule has 1 amide bonds. The summed E-state index contributed by atoms with van der Waals surface area (Å²) in [6, 6.07) is 6.84. The molecule has 0 aliphatic carbocycles. The SMILES string of the molecule is COc1ccc(C(C)N2CCN(C(=O)c3cc(F)c(C)c(F)c3F)CC2)c(C)c1. The lowest BCUT2D eigenvalue weighted by molar-refractivity contribution is 0.0575. The van der Waals surface area contributed by atoms with E-state index in [0.717, 1.165) is 24.3 Å².